The van der Waals surface area contributed by atoms with Gasteiger partial charge in [-0.3, -0.25) is 4.79 Å². The molecular weight excluding hydrogens is 374 g/mol. The second-order valence-corrected chi connectivity index (χ2v) is 7.12. The third-order valence-corrected chi connectivity index (χ3v) is 5.13. The molecular formula is C21H19N3O3S. The van der Waals surface area contributed by atoms with Crippen LogP contribution in [0.2, 0.25) is 0 Å². The third kappa shape index (κ3) is 3.80. The predicted molar refractivity (Wildman–Crippen MR) is 110 cm³/mol. The second-order valence-electron chi connectivity index (χ2n) is 6.16. The smallest absolute Gasteiger partial charge is 0.259 e. The molecule has 0 saturated carbocycles. The SMILES string of the molecule is CCOc1ccc(-c2nc(CSc3nc4ccccc4c(=O)[nH]3)c(C)o2)cc1. The first-order valence-electron chi connectivity index (χ1n) is 8.95. The van der Waals surface area contributed by atoms with Gasteiger partial charge >= 0.3 is 0 Å². The van der Waals surface area contributed by atoms with Gasteiger partial charge in [-0.25, -0.2) is 9.97 Å². The van der Waals surface area contributed by atoms with Crippen LogP contribution in [0.25, 0.3) is 22.4 Å². The number of rotatable bonds is 6. The van der Waals surface area contributed by atoms with Crippen molar-refractivity contribution in [3.63, 3.8) is 0 Å². The Labute approximate surface area is 166 Å². The number of hydrogen-bond donors (Lipinski definition) is 1. The Bertz CT molecular complexity index is 1170. The van der Waals surface area contributed by atoms with Crippen LogP contribution in [-0.4, -0.2) is 21.6 Å². The van der Waals surface area contributed by atoms with E-state index in [1.165, 1.54) is 11.8 Å². The van der Waals surface area contributed by atoms with Gasteiger partial charge in [-0.05, 0) is 50.2 Å². The predicted octanol–water partition coefficient (Wildman–Crippen LogP) is 4.58. The fourth-order valence-corrected chi connectivity index (χ4v) is 3.68. The molecule has 6 nitrogen and oxygen atoms in total. The lowest BCUT2D eigenvalue weighted by Crippen LogP contribution is -2.08. The topological polar surface area (TPSA) is 81.0 Å². The Balaban J connectivity index is 1.52. The monoisotopic (exact) mass is 393 g/mol. The van der Waals surface area contributed by atoms with E-state index in [0.29, 0.717) is 34.3 Å². The van der Waals surface area contributed by atoms with E-state index in [-0.39, 0.29) is 5.56 Å². The summed E-state index contributed by atoms with van der Waals surface area (Å²) < 4.78 is 11.3. The number of thioether (sulfide) groups is 1. The highest BCUT2D eigenvalue weighted by Gasteiger charge is 2.13. The van der Waals surface area contributed by atoms with Gasteiger partial charge < -0.3 is 14.1 Å². The van der Waals surface area contributed by atoms with Gasteiger partial charge in [-0.15, -0.1) is 0 Å². The number of ether oxygens (including phenoxy) is 1. The van der Waals surface area contributed by atoms with Crippen molar-refractivity contribution < 1.29 is 9.15 Å². The Hall–Kier alpha value is -3.06. The van der Waals surface area contributed by atoms with Gasteiger partial charge in [-0.1, -0.05) is 23.9 Å². The van der Waals surface area contributed by atoms with Crippen LogP contribution >= 0.6 is 11.8 Å². The van der Waals surface area contributed by atoms with Crippen molar-refractivity contribution in [3.8, 4) is 17.2 Å². The second kappa shape index (κ2) is 7.90. The number of hydrogen-bond acceptors (Lipinski definition) is 6. The van der Waals surface area contributed by atoms with Gasteiger partial charge in [0.1, 0.15) is 11.5 Å². The molecule has 28 heavy (non-hydrogen) atoms. The fourth-order valence-electron chi connectivity index (χ4n) is 2.82. The molecule has 0 saturated heterocycles. The van der Waals surface area contributed by atoms with Crippen molar-refractivity contribution in [3.05, 3.63) is 70.3 Å². The summed E-state index contributed by atoms with van der Waals surface area (Å²) in [6.07, 6.45) is 0. The van der Waals surface area contributed by atoms with E-state index < -0.39 is 0 Å². The van der Waals surface area contributed by atoms with Crippen molar-refractivity contribution in [1.29, 1.82) is 0 Å². The first kappa shape index (κ1) is 18.3. The van der Waals surface area contributed by atoms with Gasteiger partial charge in [0.25, 0.3) is 5.56 Å². The number of aromatic nitrogens is 3. The van der Waals surface area contributed by atoms with Crippen LogP contribution in [0.5, 0.6) is 5.75 Å². The van der Waals surface area contributed by atoms with E-state index in [1.54, 1.807) is 6.07 Å². The molecule has 0 aliphatic carbocycles. The van der Waals surface area contributed by atoms with E-state index >= 15 is 0 Å². The number of fused-ring (bicyclic) bond motifs is 1. The minimum absolute atomic E-state index is 0.139. The van der Waals surface area contributed by atoms with Gasteiger partial charge in [0.05, 0.1) is 23.2 Å². The minimum atomic E-state index is -0.139. The molecule has 2 aromatic carbocycles. The Morgan fingerprint density at radius 1 is 1.11 bits per heavy atom. The van der Waals surface area contributed by atoms with Crippen LogP contribution in [0.3, 0.4) is 0 Å². The summed E-state index contributed by atoms with van der Waals surface area (Å²) >= 11 is 1.43. The summed E-state index contributed by atoms with van der Waals surface area (Å²) in [4.78, 5) is 24.1. The number of aromatic amines is 1. The Morgan fingerprint density at radius 3 is 2.68 bits per heavy atom. The van der Waals surface area contributed by atoms with Crippen molar-refractivity contribution in [2.75, 3.05) is 6.61 Å². The Kier molecular flexibility index (Phi) is 5.16. The highest BCUT2D eigenvalue weighted by Crippen LogP contribution is 2.27. The van der Waals surface area contributed by atoms with Crippen molar-refractivity contribution >= 4 is 22.7 Å². The number of nitrogens with zero attached hydrogens (tertiary/aromatic N) is 2. The van der Waals surface area contributed by atoms with Crippen molar-refractivity contribution in [2.45, 2.75) is 24.8 Å². The van der Waals surface area contributed by atoms with E-state index in [0.717, 1.165) is 22.8 Å². The van der Waals surface area contributed by atoms with Crippen LogP contribution in [0.15, 0.2) is 62.9 Å². The molecule has 2 aromatic heterocycles. The molecule has 0 fully saturated rings. The number of aryl methyl sites for hydroxylation is 1. The molecule has 0 amide bonds. The number of nitrogens with one attached hydrogen (secondary N) is 1. The summed E-state index contributed by atoms with van der Waals surface area (Å²) in [6, 6.07) is 14.9. The number of benzene rings is 2. The van der Waals surface area contributed by atoms with E-state index in [2.05, 4.69) is 15.0 Å². The van der Waals surface area contributed by atoms with Crippen LogP contribution < -0.4 is 10.3 Å². The van der Waals surface area contributed by atoms with Gasteiger partial charge in [0.2, 0.25) is 5.89 Å². The molecule has 4 aromatic rings. The normalized spacial score (nSPS) is 11.1. The molecule has 4 rings (SSSR count). The van der Waals surface area contributed by atoms with Gasteiger partial charge in [-0.2, -0.15) is 0 Å². The van der Waals surface area contributed by atoms with Crippen LogP contribution in [0.1, 0.15) is 18.4 Å². The summed E-state index contributed by atoms with van der Waals surface area (Å²) in [6.45, 7) is 4.47. The largest absolute Gasteiger partial charge is 0.494 e. The standard InChI is InChI=1S/C21H19N3O3S/c1-3-26-15-10-8-14(9-11-15)20-22-18(13(2)27-20)12-28-21-23-17-7-5-4-6-16(17)19(25)24-21/h4-11H,3,12H2,1-2H3,(H,23,24,25). The molecule has 2 heterocycles. The molecule has 0 radical (unpaired) electrons. The van der Waals surface area contributed by atoms with E-state index in [1.807, 2.05) is 56.3 Å². The van der Waals surface area contributed by atoms with Crippen molar-refractivity contribution in [2.24, 2.45) is 0 Å². The number of para-hydroxylation sites is 1. The summed E-state index contributed by atoms with van der Waals surface area (Å²) in [7, 11) is 0. The molecule has 0 spiro atoms. The highest BCUT2D eigenvalue weighted by atomic mass is 32.2. The molecule has 0 unspecified atom stereocenters. The van der Waals surface area contributed by atoms with Crippen LogP contribution in [0.4, 0.5) is 0 Å². The van der Waals surface area contributed by atoms with Crippen molar-refractivity contribution in [1.82, 2.24) is 15.0 Å². The molecule has 0 bridgehead atoms. The highest BCUT2D eigenvalue weighted by molar-refractivity contribution is 7.98. The van der Waals surface area contributed by atoms with E-state index in [4.69, 9.17) is 9.15 Å². The van der Waals surface area contributed by atoms with Crippen LogP contribution in [0, 0.1) is 6.92 Å². The lowest BCUT2D eigenvalue weighted by molar-refractivity contribution is 0.340. The molecule has 0 aliphatic rings. The van der Waals surface area contributed by atoms with E-state index in [9.17, 15) is 4.79 Å². The maximum absolute atomic E-state index is 12.2. The zero-order chi connectivity index (χ0) is 19.5. The zero-order valence-electron chi connectivity index (χ0n) is 15.6. The molecule has 0 atom stereocenters. The molecule has 7 heteroatoms. The quantitative estimate of drug-likeness (QED) is 0.381. The fraction of sp³-hybridized carbons (Fsp3) is 0.190. The zero-order valence-corrected chi connectivity index (χ0v) is 16.4. The summed E-state index contributed by atoms with van der Waals surface area (Å²) in [5.74, 6) is 2.68. The van der Waals surface area contributed by atoms with Gasteiger partial charge in [0.15, 0.2) is 5.16 Å². The number of H-pyrrole nitrogens is 1. The summed E-state index contributed by atoms with van der Waals surface area (Å²) in [5.41, 5.74) is 2.26. The number of oxazole rings is 1. The van der Waals surface area contributed by atoms with Gasteiger partial charge in [0, 0.05) is 11.3 Å². The average Bonchev–Trinajstić information content (AvgIpc) is 3.08. The molecule has 142 valence electrons. The minimum Gasteiger partial charge on any atom is -0.494 e. The first-order chi connectivity index (χ1) is 13.6. The molecule has 0 aliphatic heterocycles. The first-order valence-corrected chi connectivity index (χ1v) is 9.94. The maximum Gasteiger partial charge on any atom is 0.259 e. The van der Waals surface area contributed by atoms with Crippen LogP contribution in [-0.2, 0) is 5.75 Å². The maximum atomic E-state index is 12.2. The average molecular weight is 393 g/mol. The Morgan fingerprint density at radius 2 is 1.89 bits per heavy atom. The third-order valence-electron chi connectivity index (χ3n) is 4.24. The lowest BCUT2D eigenvalue weighted by Gasteiger charge is -2.02. The lowest BCUT2D eigenvalue weighted by atomic mass is 10.2. The molecule has 1 N–H and O–H groups in total. The summed E-state index contributed by atoms with van der Waals surface area (Å²) in [5, 5.41) is 1.15.